The van der Waals surface area contributed by atoms with Crippen LogP contribution in [0.4, 0.5) is 0 Å². The summed E-state index contributed by atoms with van der Waals surface area (Å²) in [7, 11) is 1.69. The molecule has 0 bridgehead atoms. The Morgan fingerprint density at radius 1 is 1.30 bits per heavy atom. The van der Waals surface area contributed by atoms with Crippen molar-refractivity contribution < 1.29 is 9.53 Å². The average Bonchev–Trinajstić information content (AvgIpc) is 3.04. The highest BCUT2D eigenvalue weighted by atomic mass is 35.5. The predicted molar refractivity (Wildman–Crippen MR) is 96.1 cm³/mol. The third kappa shape index (κ3) is 7.34. The molecule has 1 aliphatic heterocycles. The first-order valence-electron chi connectivity index (χ1n) is 8.33. The summed E-state index contributed by atoms with van der Waals surface area (Å²) in [6.07, 6.45) is 4.93. The molecule has 1 amide bonds. The Labute approximate surface area is 146 Å². The highest BCUT2D eigenvalue weighted by molar-refractivity contribution is 5.85. The van der Waals surface area contributed by atoms with Crippen LogP contribution in [-0.4, -0.2) is 50.2 Å². The van der Waals surface area contributed by atoms with Crippen LogP contribution in [0.15, 0.2) is 30.3 Å². The van der Waals surface area contributed by atoms with E-state index in [4.69, 9.17) is 4.74 Å². The molecule has 0 spiro atoms. The molecule has 5 heteroatoms. The Hall–Kier alpha value is -1.10. The molecule has 1 aromatic carbocycles. The fourth-order valence-corrected chi connectivity index (χ4v) is 2.95. The van der Waals surface area contributed by atoms with Crippen molar-refractivity contribution in [3.63, 3.8) is 0 Å². The lowest BCUT2D eigenvalue weighted by atomic mass is 10.1. The van der Waals surface area contributed by atoms with E-state index in [9.17, 15) is 4.79 Å². The number of aryl methyl sites for hydroxylation is 1. The van der Waals surface area contributed by atoms with E-state index in [-0.39, 0.29) is 18.3 Å². The molecule has 0 aromatic heterocycles. The van der Waals surface area contributed by atoms with Crippen LogP contribution in [0.2, 0.25) is 0 Å². The van der Waals surface area contributed by atoms with Crippen molar-refractivity contribution >= 4 is 18.3 Å². The molecular weight excluding hydrogens is 312 g/mol. The molecule has 1 aromatic rings. The molecule has 1 atom stereocenters. The van der Waals surface area contributed by atoms with Gasteiger partial charge in [-0.1, -0.05) is 30.3 Å². The Morgan fingerprint density at radius 3 is 2.74 bits per heavy atom. The monoisotopic (exact) mass is 340 g/mol. The zero-order valence-corrected chi connectivity index (χ0v) is 14.8. The highest BCUT2D eigenvalue weighted by Gasteiger charge is 2.21. The van der Waals surface area contributed by atoms with Crippen LogP contribution in [0.25, 0.3) is 0 Å². The smallest absolute Gasteiger partial charge is 0.224 e. The van der Waals surface area contributed by atoms with Gasteiger partial charge in [0.1, 0.15) is 0 Å². The molecule has 2 rings (SSSR count). The zero-order valence-electron chi connectivity index (χ0n) is 14.0. The maximum Gasteiger partial charge on any atom is 0.224 e. The van der Waals surface area contributed by atoms with Crippen molar-refractivity contribution in [2.75, 3.05) is 33.4 Å². The number of halogens is 1. The van der Waals surface area contributed by atoms with E-state index >= 15 is 0 Å². The lowest BCUT2D eigenvalue weighted by Crippen LogP contribution is -2.38. The van der Waals surface area contributed by atoms with Gasteiger partial charge in [0.05, 0.1) is 6.61 Å². The number of hydrogen-bond acceptors (Lipinski definition) is 3. The number of benzene rings is 1. The molecule has 130 valence electrons. The largest absolute Gasteiger partial charge is 0.383 e. The first-order chi connectivity index (χ1) is 10.8. The van der Waals surface area contributed by atoms with E-state index in [2.05, 4.69) is 29.6 Å². The van der Waals surface area contributed by atoms with Gasteiger partial charge in [-0.2, -0.15) is 0 Å². The Kier molecular flexibility index (Phi) is 9.92. The number of nitrogens with zero attached hydrogens (tertiary/aromatic N) is 1. The van der Waals surface area contributed by atoms with E-state index < -0.39 is 0 Å². The fourth-order valence-electron chi connectivity index (χ4n) is 2.95. The number of rotatable bonds is 9. The van der Waals surface area contributed by atoms with Crippen LogP contribution in [-0.2, 0) is 16.0 Å². The van der Waals surface area contributed by atoms with E-state index in [1.54, 1.807) is 7.11 Å². The van der Waals surface area contributed by atoms with Gasteiger partial charge in [-0.05, 0) is 37.8 Å². The Bertz CT molecular complexity index is 436. The lowest BCUT2D eigenvalue weighted by Gasteiger charge is -2.24. The van der Waals surface area contributed by atoms with Gasteiger partial charge >= 0.3 is 0 Å². The van der Waals surface area contributed by atoms with Crippen molar-refractivity contribution in [2.24, 2.45) is 0 Å². The summed E-state index contributed by atoms with van der Waals surface area (Å²) in [5.74, 6) is 0.254. The standard InChI is InChI=1S/C18H28N2O2.ClH/c1-22-14-13-20(18(21)15-17-10-5-11-19-17)12-6-9-16-7-3-2-4-8-16;/h2-4,7-8,17,19H,5-6,9-15H2,1H3;1H. The maximum atomic E-state index is 12.5. The summed E-state index contributed by atoms with van der Waals surface area (Å²) in [6, 6.07) is 10.8. The third-order valence-corrected chi connectivity index (χ3v) is 4.24. The average molecular weight is 341 g/mol. The minimum atomic E-state index is 0. The number of hydrogen-bond donors (Lipinski definition) is 1. The van der Waals surface area contributed by atoms with Gasteiger partial charge in [-0.3, -0.25) is 4.79 Å². The van der Waals surface area contributed by atoms with E-state index in [1.807, 2.05) is 11.0 Å². The highest BCUT2D eigenvalue weighted by Crippen LogP contribution is 2.11. The van der Waals surface area contributed by atoms with Gasteiger partial charge in [0.15, 0.2) is 0 Å². The van der Waals surface area contributed by atoms with Gasteiger partial charge in [0.2, 0.25) is 5.91 Å². The summed E-state index contributed by atoms with van der Waals surface area (Å²) < 4.78 is 5.15. The van der Waals surface area contributed by atoms with Crippen molar-refractivity contribution in [3.05, 3.63) is 35.9 Å². The Balaban J connectivity index is 0.00000264. The summed E-state index contributed by atoms with van der Waals surface area (Å²) >= 11 is 0. The molecular formula is C18H29ClN2O2. The molecule has 4 nitrogen and oxygen atoms in total. The van der Waals surface area contributed by atoms with E-state index in [1.165, 1.54) is 12.0 Å². The summed E-state index contributed by atoms with van der Waals surface area (Å²) in [5, 5.41) is 3.40. The molecule has 1 aliphatic rings. The molecule has 0 saturated carbocycles. The van der Waals surface area contributed by atoms with Gasteiger partial charge in [0.25, 0.3) is 0 Å². The fraction of sp³-hybridized carbons (Fsp3) is 0.611. The number of amides is 1. The second kappa shape index (κ2) is 11.4. The maximum absolute atomic E-state index is 12.5. The molecule has 1 fully saturated rings. The first-order valence-corrected chi connectivity index (χ1v) is 8.33. The topological polar surface area (TPSA) is 41.6 Å². The predicted octanol–water partition coefficient (Wildman–Crippen LogP) is 2.66. The minimum absolute atomic E-state index is 0. The molecule has 0 radical (unpaired) electrons. The number of methoxy groups -OCH3 is 1. The van der Waals surface area contributed by atoms with Gasteiger partial charge in [0, 0.05) is 32.7 Å². The number of carbonyl (C=O) groups excluding carboxylic acids is 1. The minimum Gasteiger partial charge on any atom is -0.383 e. The van der Waals surface area contributed by atoms with Crippen LogP contribution in [0.5, 0.6) is 0 Å². The quantitative estimate of drug-likeness (QED) is 0.751. The first kappa shape index (κ1) is 19.9. The van der Waals surface area contributed by atoms with Crippen LogP contribution in [0.3, 0.4) is 0 Å². The van der Waals surface area contributed by atoms with Crippen molar-refractivity contribution in [1.82, 2.24) is 10.2 Å². The molecule has 1 saturated heterocycles. The van der Waals surface area contributed by atoms with Crippen LogP contribution in [0, 0.1) is 0 Å². The SMILES string of the molecule is COCCN(CCCc1ccccc1)C(=O)CC1CCCN1.Cl. The molecule has 23 heavy (non-hydrogen) atoms. The normalized spacial score (nSPS) is 16.8. The van der Waals surface area contributed by atoms with Gasteiger partial charge in [-0.15, -0.1) is 12.4 Å². The summed E-state index contributed by atoms with van der Waals surface area (Å²) in [5.41, 5.74) is 1.33. The van der Waals surface area contributed by atoms with Gasteiger partial charge in [-0.25, -0.2) is 0 Å². The third-order valence-electron chi connectivity index (χ3n) is 4.24. The van der Waals surface area contributed by atoms with Crippen LogP contribution in [0.1, 0.15) is 31.2 Å². The molecule has 1 unspecified atom stereocenters. The molecule has 1 heterocycles. The number of ether oxygens (including phenoxy) is 1. The number of nitrogens with one attached hydrogen (secondary N) is 1. The molecule has 1 N–H and O–H groups in total. The van der Waals surface area contributed by atoms with Crippen molar-refractivity contribution in [2.45, 2.75) is 38.1 Å². The summed E-state index contributed by atoms with van der Waals surface area (Å²) in [4.78, 5) is 14.4. The van der Waals surface area contributed by atoms with Crippen LogP contribution >= 0.6 is 12.4 Å². The van der Waals surface area contributed by atoms with Crippen molar-refractivity contribution in [1.29, 1.82) is 0 Å². The zero-order chi connectivity index (χ0) is 15.6. The van der Waals surface area contributed by atoms with E-state index in [0.717, 1.165) is 32.4 Å². The second-order valence-corrected chi connectivity index (χ2v) is 5.96. The van der Waals surface area contributed by atoms with Crippen molar-refractivity contribution in [3.8, 4) is 0 Å². The Morgan fingerprint density at radius 2 is 2.09 bits per heavy atom. The molecule has 0 aliphatic carbocycles. The second-order valence-electron chi connectivity index (χ2n) is 5.96. The number of carbonyl (C=O) groups is 1. The van der Waals surface area contributed by atoms with Crippen LogP contribution < -0.4 is 5.32 Å². The summed E-state index contributed by atoms with van der Waals surface area (Å²) in [6.45, 7) is 3.15. The lowest BCUT2D eigenvalue weighted by molar-refractivity contribution is -0.132. The van der Waals surface area contributed by atoms with Gasteiger partial charge < -0.3 is 15.0 Å². The van der Waals surface area contributed by atoms with E-state index in [0.29, 0.717) is 25.6 Å².